The molecule has 0 radical (unpaired) electrons. The van der Waals surface area contributed by atoms with Gasteiger partial charge in [0.05, 0.1) is 13.2 Å². The van der Waals surface area contributed by atoms with Crippen molar-refractivity contribution >= 4 is 5.91 Å². The lowest BCUT2D eigenvalue weighted by Gasteiger charge is -2.13. The van der Waals surface area contributed by atoms with Gasteiger partial charge in [0.25, 0.3) is 0 Å². The van der Waals surface area contributed by atoms with Crippen LogP contribution in [0.1, 0.15) is 40.0 Å². The third-order valence-corrected chi connectivity index (χ3v) is 2.49. The van der Waals surface area contributed by atoms with Crippen LogP contribution in [0.2, 0.25) is 0 Å². The van der Waals surface area contributed by atoms with E-state index in [1.807, 2.05) is 6.92 Å². The van der Waals surface area contributed by atoms with E-state index in [0.717, 1.165) is 18.9 Å². The molecule has 0 heterocycles. The Morgan fingerprint density at radius 1 is 1.24 bits per heavy atom. The molecular weight excluding hydrogens is 216 g/mol. The maximum atomic E-state index is 11.4. The number of carbonyl (C=O) groups is 1. The molecule has 0 spiro atoms. The summed E-state index contributed by atoms with van der Waals surface area (Å²) in [4.78, 5) is 11.4. The molecule has 1 unspecified atom stereocenters. The minimum absolute atomic E-state index is 0.0402. The number of methoxy groups -OCH3 is 1. The van der Waals surface area contributed by atoms with E-state index in [9.17, 15) is 4.79 Å². The van der Waals surface area contributed by atoms with Gasteiger partial charge < -0.3 is 15.4 Å². The highest BCUT2D eigenvalue weighted by molar-refractivity contribution is 5.78. The van der Waals surface area contributed by atoms with Crippen LogP contribution in [-0.4, -0.2) is 38.8 Å². The van der Waals surface area contributed by atoms with Gasteiger partial charge in [0.2, 0.25) is 5.91 Å². The molecule has 1 atom stereocenters. The van der Waals surface area contributed by atoms with Gasteiger partial charge in [0, 0.05) is 13.2 Å². The molecule has 4 nitrogen and oxygen atoms in total. The number of nitrogens with one attached hydrogen (secondary N) is 2. The Morgan fingerprint density at radius 3 is 2.53 bits per heavy atom. The van der Waals surface area contributed by atoms with E-state index < -0.39 is 0 Å². The quantitative estimate of drug-likeness (QED) is 0.573. The summed E-state index contributed by atoms with van der Waals surface area (Å²) in [5.41, 5.74) is 0. The number of carbonyl (C=O) groups excluding carboxylic acids is 1. The summed E-state index contributed by atoms with van der Waals surface area (Å²) < 4.78 is 4.95. The lowest BCUT2D eigenvalue weighted by molar-refractivity contribution is -0.121. The molecule has 0 aliphatic heterocycles. The van der Waals surface area contributed by atoms with E-state index in [0.29, 0.717) is 13.2 Å². The summed E-state index contributed by atoms with van der Waals surface area (Å²) in [7, 11) is 1.63. The minimum Gasteiger partial charge on any atom is -0.383 e. The van der Waals surface area contributed by atoms with Crippen LogP contribution in [-0.2, 0) is 9.53 Å². The number of rotatable bonds is 10. The standard InChI is InChI=1S/C13H28N2O2/c1-11(2)7-5-6-8-14-9-13(16)15-12(3)10-17-4/h11-12,14H,5-10H2,1-4H3,(H,15,16). The van der Waals surface area contributed by atoms with Crippen LogP contribution < -0.4 is 10.6 Å². The monoisotopic (exact) mass is 244 g/mol. The average Bonchev–Trinajstić information content (AvgIpc) is 2.23. The Hall–Kier alpha value is -0.610. The first kappa shape index (κ1) is 16.4. The van der Waals surface area contributed by atoms with Crippen molar-refractivity contribution < 1.29 is 9.53 Å². The van der Waals surface area contributed by atoms with Crippen LogP contribution in [0.3, 0.4) is 0 Å². The first-order valence-electron chi connectivity index (χ1n) is 6.55. The van der Waals surface area contributed by atoms with Gasteiger partial charge in [-0.1, -0.05) is 26.7 Å². The fraction of sp³-hybridized carbons (Fsp3) is 0.923. The lowest BCUT2D eigenvalue weighted by Crippen LogP contribution is -2.41. The van der Waals surface area contributed by atoms with Gasteiger partial charge in [0.1, 0.15) is 0 Å². The molecule has 17 heavy (non-hydrogen) atoms. The molecule has 0 aromatic rings. The highest BCUT2D eigenvalue weighted by Crippen LogP contribution is 2.04. The molecule has 0 saturated heterocycles. The Morgan fingerprint density at radius 2 is 1.94 bits per heavy atom. The summed E-state index contributed by atoms with van der Waals surface area (Å²) in [5, 5.41) is 6.02. The molecule has 4 heteroatoms. The summed E-state index contributed by atoms with van der Waals surface area (Å²) in [6.07, 6.45) is 3.63. The van der Waals surface area contributed by atoms with E-state index in [1.54, 1.807) is 7.11 Å². The zero-order chi connectivity index (χ0) is 13.1. The van der Waals surface area contributed by atoms with E-state index in [1.165, 1.54) is 12.8 Å². The van der Waals surface area contributed by atoms with Crippen LogP contribution in [0, 0.1) is 5.92 Å². The average molecular weight is 244 g/mol. The van der Waals surface area contributed by atoms with Gasteiger partial charge in [-0.2, -0.15) is 0 Å². The van der Waals surface area contributed by atoms with E-state index in [-0.39, 0.29) is 11.9 Å². The zero-order valence-electron chi connectivity index (χ0n) is 11.7. The number of amides is 1. The molecule has 0 aliphatic carbocycles. The van der Waals surface area contributed by atoms with Crippen LogP contribution in [0.25, 0.3) is 0 Å². The minimum atomic E-state index is 0.0402. The van der Waals surface area contributed by atoms with Crippen LogP contribution in [0.4, 0.5) is 0 Å². The van der Waals surface area contributed by atoms with E-state index in [4.69, 9.17) is 4.74 Å². The smallest absolute Gasteiger partial charge is 0.234 e. The molecular formula is C13H28N2O2. The van der Waals surface area contributed by atoms with Crippen molar-refractivity contribution in [2.45, 2.75) is 46.1 Å². The fourth-order valence-electron chi connectivity index (χ4n) is 1.62. The predicted octanol–water partition coefficient (Wildman–Crippen LogP) is 1.55. The van der Waals surface area contributed by atoms with Crippen LogP contribution in [0.5, 0.6) is 0 Å². The molecule has 0 saturated carbocycles. The van der Waals surface area contributed by atoms with Gasteiger partial charge in [-0.15, -0.1) is 0 Å². The predicted molar refractivity (Wildman–Crippen MR) is 71.0 cm³/mol. The molecule has 0 fully saturated rings. The molecule has 0 aliphatic rings. The Kier molecular flexibility index (Phi) is 10.2. The molecule has 0 aromatic carbocycles. The second kappa shape index (κ2) is 10.5. The third kappa shape index (κ3) is 11.6. The summed E-state index contributed by atoms with van der Waals surface area (Å²) in [6, 6.07) is 0.0789. The second-order valence-electron chi connectivity index (χ2n) is 4.99. The second-order valence-corrected chi connectivity index (χ2v) is 4.99. The molecule has 1 amide bonds. The SMILES string of the molecule is COCC(C)NC(=O)CNCCCCC(C)C. The van der Waals surface area contributed by atoms with Crippen molar-refractivity contribution in [2.75, 3.05) is 26.8 Å². The highest BCUT2D eigenvalue weighted by Gasteiger charge is 2.05. The number of hydrogen-bond donors (Lipinski definition) is 2. The lowest BCUT2D eigenvalue weighted by atomic mass is 10.1. The van der Waals surface area contributed by atoms with Crippen LogP contribution in [0.15, 0.2) is 0 Å². The maximum Gasteiger partial charge on any atom is 0.234 e. The van der Waals surface area contributed by atoms with Crippen molar-refractivity contribution in [3.05, 3.63) is 0 Å². The molecule has 0 rings (SSSR count). The fourth-order valence-corrected chi connectivity index (χ4v) is 1.62. The van der Waals surface area contributed by atoms with Crippen molar-refractivity contribution in [1.82, 2.24) is 10.6 Å². The van der Waals surface area contributed by atoms with Gasteiger partial charge in [-0.3, -0.25) is 4.79 Å². The molecule has 0 aromatic heterocycles. The Labute approximate surface area is 105 Å². The van der Waals surface area contributed by atoms with Gasteiger partial charge >= 0.3 is 0 Å². The first-order chi connectivity index (χ1) is 8.06. The number of ether oxygens (including phenoxy) is 1. The Bertz CT molecular complexity index is 196. The normalized spacial score (nSPS) is 12.8. The molecule has 0 bridgehead atoms. The molecule has 2 N–H and O–H groups in total. The maximum absolute atomic E-state index is 11.4. The van der Waals surface area contributed by atoms with Crippen LogP contribution >= 0.6 is 0 Å². The number of hydrogen-bond acceptors (Lipinski definition) is 3. The molecule has 102 valence electrons. The van der Waals surface area contributed by atoms with Crippen molar-refractivity contribution in [3.63, 3.8) is 0 Å². The van der Waals surface area contributed by atoms with Gasteiger partial charge in [-0.25, -0.2) is 0 Å². The van der Waals surface area contributed by atoms with E-state index >= 15 is 0 Å². The first-order valence-corrected chi connectivity index (χ1v) is 6.55. The summed E-state index contributed by atoms with van der Waals surface area (Å²) in [5.74, 6) is 0.812. The number of unbranched alkanes of at least 4 members (excludes halogenated alkanes) is 1. The zero-order valence-corrected chi connectivity index (χ0v) is 11.7. The summed E-state index contributed by atoms with van der Waals surface area (Å²) in [6.45, 7) is 8.27. The van der Waals surface area contributed by atoms with Crippen molar-refractivity contribution in [1.29, 1.82) is 0 Å². The van der Waals surface area contributed by atoms with Gasteiger partial charge in [-0.05, 0) is 25.8 Å². The third-order valence-electron chi connectivity index (χ3n) is 2.49. The topological polar surface area (TPSA) is 50.4 Å². The largest absolute Gasteiger partial charge is 0.383 e. The Balaban J connectivity index is 3.33. The summed E-state index contributed by atoms with van der Waals surface area (Å²) >= 11 is 0. The highest BCUT2D eigenvalue weighted by atomic mass is 16.5. The van der Waals surface area contributed by atoms with E-state index in [2.05, 4.69) is 24.5 Å². The van der Waals surface area contributed by atoms with Crippen molar-refractivity contribution in [2.24, 2.45) is 5.92 Å². The van der Waals surface area contributed by atoms with Gasteiger partial charge in [0.15, 0.2) is 0 Å². The van der Waals surface area contributed by atoms with Crippen molar-refractivity contribution in [3.8, 4) is 0 Å².